The molecule has 0 N–H and O–H groups in total. The minimum absolute atomic E-state index is 0.0332. The zero-order chi connectivity index (χ0) is 17.1. The van der Waals surface area contributed by atoms with Gasteiger partial charge in [0.2, 0.25) is 5.91 Å². The average Bonchev–Trinajstić information content (AvgIpc) is 3.15. The van der Waals surface area contributed by atoms with E-state index in [0.717, 1.165) is 27.7 Å². The Kier molecular flexibility index (Phi) is 5.21. The molecular weight excluding hydrogens is 344 g/mol. The quantitative estimate of drug-likeness (QED) is 0.811. The molecule has 1 aliphatic rings. The molecule has 126 valence electrons. The van der Waals surface area contributed by atoms with Crippen molar-refractivity contribution in [3.63, 3.8) is 0 Å². The Hall–Kier alpha value is -1.85. The van der Waals surface area contributed by atoms with E-state index in [9.17, 15) is 9.59 Å². The smallest absolute Gasteiger partial charge is 0.253 e. The number of halogens is 1. The van der Waals surface area contributed by atoms with Crippen LogP contribution in [0, 0.1) is 0 Å². The van der Waals surface area contributed by atoms with Crippen LogP contribution in [0.25, 0.3) is 0 Å². The maximum atomic E-state index is 12.6. The largest absolute Gasteiger partial charge is 0.338 e. The lowest BCUT2D eigenvalue weighted by molar-refractivity contribution is -0.128. The van der Waals surface area contributed by atoms with Gasteiger partial charge in [0.1, 0.15) is 0 Å². The number of hydrogen-bond donors (Lipinski definition) is 0. The molecule has 24 heavy (non-hydrogen) atoms. The molecule has 0 unspecified atom stereocenters. The van der Waals surface area contributed by atoms with Crippen LogP contribution in [0.1, 0.15) is 33.6 Å². The lowest BCUT2D eigenvalue weighted by Crippen LogP contribution is -2.26. The molecule has 3 rings (SSSR count). The van der Waals surface area contributed by atoms with E-state index in [1.807, 2.05) is 41.3 Å². The van der Waals surface area contributed by atoms with Crippen LogP contribution >= 0.6 is 22.9 Å². The summed E-state index contributed by atoms with van der Waals surface area (Å²) in [7, 11) is 1.78. The summed E-state index contributed by atoms with van der Waals surface area (Å²) in [6.45, 7) is 1.91. The molecule has 2 heterocycles. The highest BCUT2D eigenvalue weighted by Gasteiger charge is 2.20. The summed E-state index contributed by atoms with van der Waals surface area (Å²) < 4.78 is 0.725. The number of carbonyl (C=O) groups is 2. The van der Waals surface area contributed by atoms with Gasteiger partial charge in [-0.2, -0.15) is 0 Å². The van der Waals surface area contributed by atoms with Crippen LogP contribution in [-0.2, 0) is 17.9 Å². The van der Waals surface area contributed by atoms with Gasteiger partial charge >= 0.3 is 0 Å². The monoisotopic (exact) mass is 362 g/mol. The van der Waals surface area contributed by atoms with Gasteiger partial charge < -0.3 is 9.80 Å². The molecule has 1 saturated heterocycles. The predicted molar refractivity (Wildman–Crippen MR) is 96.2 cm³/mol. The second-order valence-corrected chi connectivity index (χ2v) is 7.79. The summed E-state index contributed by atoms with van der Waals surface area (Å²) in [6, 6.07) is 11.3. The number of rotatable bonds is 5. The minimum atomic E-state index is -0.0332. The Labute approximate surface area is 150 Å². The van der Waals surface area contributed by atoms with E-state index in [0.29, 0.717) is 25.1 Å². The molecule has 6 heteroatoms. The number of benzene rings is 1. The van der Waals surface area contributed by atoms with Crippen LogP contribution in [-0.4, -0.2) is 35.2 Å². The van der Waals surface area contributed by atoms with Crippen molar-refractivity contribution in [1.82, 2.24) is 9.80 Å². The molecule has 0 aliphatic carbocycles. The van der Waals surface area contributed by atoms with Crippen LogP contribution in [0.3, 0.4) is 0 Å². The van der Waals surface area contributed by atoms with Gasteiger partial charge in [-0.1, -0.05) is 23.7 Å². The van der Waals surface area contributed by atoms with E-state index < -0.39 is 0 Å². The third kappa shape index (κ3) is 3.97. The predicted octanol–water partition coefficient (Wildman–Crippen LogP) is 3.80. The summed E-state index contributed by atoms with van der Waals surface area (Å²) in [6.07, 6.45) is 1.55. The van der Waals surface area contributed by atoms with Gasteiger partial charge in [0.05, 0.1) is 10.9 Å². The normalized spacial score (nSPS) is 14.2. The molecule has 0 spiro atoms. The molecule has 1 aromatic carbocycles. The Morgan fingerprint density at radius 3 is 2.83 bits per heavy atom. The van der Waals surface area contributed by atoms with E-state index in [1.165, 1.54) is 11.3 Å². The Balaban J connectivity index is 1.68. The molecule has 2 amide bonds. The molecule has 0 atom stereocenters. The summed E-state index contributed by atoms with van der Waals surface area (Å²) in [5.41, 5.74) is 1.63. The summed E-state index contributed by atoms with van der Waals surface area (Å²) >= 11 is 7.42. The van der Waals surface area contributed by atoms with Crippen molar-refractivity contribution < 1.29 is 9.59 Å². The van der Waals surface area contributed by atoms with E-state index in [1.54, 1.807) is 11.9 Å². The first-order valence-electron chi connectivity index (χ1n) is 7.89. The molecule has 1 fully saturated rings. The number of hydrogen-bond acceptors (Lipinski definition) is 3. The van der Waals surface area contributed by atoms with Gasteiger partial charge in [0.15, 0.2) is 0 Å². The molecule has 0 saturated carbocycles. The van der Waals surface area contributed by atoms with Crippen LogP contribution < -0.4 is 0 Å². The summed E-state index contributed by atoms with van der Waals surface area (Å²) in [4.78, 5) is 29.0. The van der Waals surface area contributed by atoms with E-state index >= 15 is 0 Å². The van der Waals surface area contributed by atoms with Crippen LogP contribution in [0.4, 0.5) is 0 Å². The zero-order valence-electron chi connectivity index (χ0n) is 13.5. The minimum Gasteiger partial charge on any atom is -0.338 e. The van der Waals surface area contributed by atoms with Gasteiger partial charge in [0, 0.05) is 37.0 Å². The fraction of sp³-hybridized carbons (Fsp3) is 0.333. The van der Waals surface area contributed by atoms with Crippen molar-refractivity contribution >= 4 is 34.8 Å². The zero-order valence-corrected chi connectivity index (χ0v) is 15.1. The standard InChI is InChI=1S/C18H19ClN2O2S/c1-20(12-15-7-8-16(19)24-15)18(23)14-5-2-4-13(10-14)11-21-9-3-6-17(21)22/h2,4-5,7-8,10H,3,6,9,11-12H2,1H3. The Morgan fingerprint density at radius 1 is 1.33 bits per heavy atom. The van der Waals surface area contributed by atoms with Gasteiger partial charge in [-0.05, 0) is 36.2 Å². The fourth-order valence-corrected chi connectivity index (χ4v) is 4.00. The van der Waals surface area contributed by atoms with E-state index in [4.69, 9.17) is 11.6 Å². The third-order valence-corrected chi connectivity index (χ3v) is 5.30. The highest BCUT2D eigenvalue weighted by atomic mass is 35.5. The highest BCUT2D eigenvalue weighted by molar-refractivity contribution is 7.16. The molecule has 2 aromatic rings. The molecule has 4 nitrogen and oxygen atoms in total. The number of nitrogens with zero attached hydrogens (tertiary/aromatic N) is 2. The lowest BCUT2D eigenvalue weighted by atomic mass is 10.1. The van der Waals surface area contributed by atoms with Crippen molar-refractivity contribution in [2.75, 3.05) is 13.6 Å². The van der Waals surface area contributed by atoms with Crippen molar-refractivity contribution in [1.29, 1.82) is 0 Å². The highest BCUT2D eigenvalue weighted by Crippen LogP contribution is 2.23. The van der Waals surface area contributed by atoms with Crippen molar-refractivity contribution in [3.05, 3.63) is 56.7 Å². The first-order chi connectivity index (χ1) is 11.5. The summed E-state index contributed by atoms with van der Waals surface area (Å²) in [5.74, 6) is 0.160. The van der Waals surface area contributed by atoms with Crippen LogP contribution in [0.2, 0.25) is 4.34 Å². The first kappa shape index (κ1) is 17.0. The molecule has 1 aliphatic heterocycles. The number of amides is 2. The number of thiophene rings is 1. The maximum Gasteiger partial charge on any atom is 0.253 e. The second-order valence-electron chi connectivity index (χ2n) is 5.99. The second kappa shape index (κ2) is 7.36. The topological polar surface area (TPSA) is 40.6 Å². The lowest BCUT2D eigenvalue weighted by Gasteiger charge is -2.18. The SMILES string of the molecule is CN(Cc1ccc(Cl)s1)C(=O)c1cccc(CN2CCCC2=O)c1. The first-order valence-corrected chi connectivity index (χ1v) is 9.09. The van der Waals surface area contributed by atoms with Crippen LogP contribution in [0.5, 0.6) is 0 Å². The van der Waals surface area contributed by atoms with Crippen LogP contribution in [0.15, 0.2) is 36.4 Å². The molecule has 0 bridgehead atoms. The van der Waals surface area contributed by atoms with Crippen molar-refractivity contribution in [2.24, 2.45) is 0 Å². The third-order valence-electron chi connectivity index (χ3n) is 4.09. The molecule has 0 radical (unpaired) electrons. The average molecular weight is 363 g/mol. The van der Waals surface area contributed by atoms with Crippen molar-refractivity contribution in [3.8, 4) is 0 Å². The van der Waals surface area contributed by atoms with Gasteiger partial charge in [0.25, 0.3) is 5.91 Å². The maximum absolute atomic E-state index is 12.6. The van der Waals surface area contributed by atoms with Gasteiger partial charge in [-0.15, -0.1) is 11.3 Å². The molecular formula is C18H19ClN2O2S. The number of carbonyl (C=O) groups excluding carboxylic acids is 2. The fourth-order valence-electron chi connectivity index (χ4n) is 2.86. The summed E-state index contributed by atoms with van der Waals surface area (Å²) in [5, 5.41) is 0. The molecule has 1 aromatic heterocycles. The van der Waals surface area contributed by atoms with E-state index in [-0.39, 0.29) is 11.8 Å². The van der Waals surface area contributed by atoms with Gasteiger partial charge in [-0.25, -0.2) is 0 Å². The Bertz CT molecular complexity index is 759. The van der Waals surface area contributed by atoms with Crippen molar-refractivity contribution in [2.45, 2.75) is 25.9 Å². The number of likely N-dealkylation sites (tertiary alicyclic amines) is 1. The van der Waals surface area contributed by atoms with Gasteiger partial charge in [-0.3, -0.25) is 9.59 Å². The van der Waals surface area contributed by atoms with E-state index in [2.05, 4.69) is 0 Å². The Morgan fingerprint density at radius 2 is 2.17 bits per heavy atom.